The van der Waals surface area contributed by atoms with Crippen molar-refractivity contribution in [3.63, 3.8) is 0 Å². The molecule has 0 saturated heterocycles. The molecular weight excluding hydrogens is 248 g/mol. The Morgan fingerprint density at radius 3 is 2.78 bits per heavy atom. The average Bonchev–Trinajstić information content (AvgIpc) is 3.26. The van der Waals surface area contributed by atoms with E-state index in [-0.39, 0.29) is 12.1 Å². The minimum atomic E-state index is -0.113. The highest BCUT2D eigenvalue weighted by Gasteiger charge is 2.47. The Balaban J connectivity index is 1.66. The van der Waals surface area contributed by atoms with E-state index in [1.165, 1.54) is 25.7 Å². The van der Waals surface area contributed by atoms with E-state index in [0.717, 1.165) is 10.9 Å². The summed E-state index contributed by atoms with van der Waals surface area (Å²) in [6.07, 6.45) is 6.56. The van der Waals surface area contributed by atoms with Crippen LogP contribution in [0.4, 0.5) is 0 Å². The second-order valence-corrected chi connectivity index (χ2v) is 6.40. The number of hydrogen-bond acceptors (Lipinski definition) is 5. The summed E-state index contributed by atoms with van der Waals surface area (Å²) in [5.41, 5.74) is -0.113. The molecule has 0 bridgehead atoms. The molecule has 1 heterocycles. The van der Waals surface area contributed by atoms with Crippen LogP contribution in [0.3, 0.4) is 0 Å². The number of nitrogens with one attached hydrogen (secondary N) is 1. The number of aliphatic hydroxyl groups excluding tert-OH is 1. The second kappa shape index (κ2) is 4.83. The predicted molar refractivity (Wildman–Crippen MR) is 70.4 cm³/mol. The number of aliphatic hydroxyl groups is 1. The minimum Gasteiger partial charge on any atom is -0.394 e. The van der Waals surface area contributed by atoms with Crippen LogP contribution in [0.5, 0.6) is 0 Å². The number of thioether (sulfide) groups is 1. The summed E-state index contributed by atoms with van der Waals surface area (Å²) < 4.78 is 1.79. The molecule has 2 aliphatic carbocycles. The van der Waals surface area contributed by atoms with E-state index >= 15 is 0 Å². The highest BCUT2D eigenvalue weighted by atomic mass is 32.2. The van der Waals surface area contributed by atoms with Gasteiger partial charge in [-0.1, -0.05) is 11.8 Å². The number of aryl methyl sites for hydroxylation is 1. The lowest BCUT2D eigenvalue weighted by Gasteiger charge is -2.33. The second-order valence-electron chi connectivity index (χ2n) is 5.46. The molecule has 1 aromatic rings. The molecule has 2 fully saturated rings. The number of aromatic nitrogens is 3. The van der Waals surface area contributed by atoms with E-state index in [9.17, 15) is 5.11 Å². The third kappa shape index (κ3) is 2.55. The molecule has 100 valence electrons. The van der Waals surface area contributed by atoms with Gasteiger partial charge in [0.1, 0.15) is 6.33 Å². The Bertz CT molecular complexity index is 416. The van der Waals surface area contributed by atoms with Crippen LogP contribution in [0.2, 0.25) is 0 Å². The van der Waals surface area contributed by atoms with Crippen molar-refractivity contribution < 1.29 is 5.11 Å². The van der Waals surface area contributed by atoms with Crippen LogP contribution in [0.15, 0.2) is 11.5 Å². The quantitative estimate of drug-likeness (QED) is 0.716. The van der Waals surface area contributed by atoms with Crippen molar-refractivity contribution in [1.29, 1.82) is 0 Å². The Labute approximate surface area is 111 Å². The van der Waals surface area contributed by atoms with E-state index in [2.05, 4.69) is 15.4 Å². The van der Waals surface area contributed by atoms with Crippen molar-refractivity contribution in [1.82, 2.24) is 20.1 Å². The molecule has 0 aliphatic heterocycles. The van der Waals surface area contributed by atoms with Crippen molar-refractivity contribution in [3.8, 4) is 0 Å². The van der Waals surface area contributed by atoms with Crippen LogP contribution in [-0.2, 0) is 7.05 Å². The summed E-state index contributed by atoms with van der Waals surface area (Å²) >= 11 is 1.69. The van der Waals surface area contributed by atoms with Crippen molar-refractivity contribution in [2.45, 2.75) is 42.4 Å². The molecule has 0 amide bonds. The summed E-state index contributed by atoms with van der Waals surface area (Å²) in [6.45, 7) is 0.221. The van der Waals surface area contributed by atoms with Gasteiger partial charge >= 0.3 is 0 Å². The molecule has 2 N–H and O–H groups in total. The molecule has 2 saturated carbocycles. The molecule has 2 aliphatic rings. The molecule has 0 aromatic carbocycles. The zero-order valence-corrected chi connectivity index (χ0v) is 11.5. The highest BCUT2D eigenvalue weighted by Crippen LogP contribution is 2.43. The SMILES string of the molecule is Cn1ncnc1SCC(CO)(NC1CC1)C1CC1. The summed E-state index contributed by atoms with van der Waals surface area (Å²) in [5, 5.41) is 18.5. The van der Waals surface area contributed by atoms with Gasteiger partial charge in [-0.15, -0.1) is 0 Å². The lowest BCUT2D eigenvalue weighted by Crippen LogP contribution is -2.53. The minimum absolute atomic E-state index is 0.113. The maximum atomic E-state index is 9.84. The van der Waals surface area contributed by atoms with Gasteiger partial charge in [0.2, 0.25) is 0 Å². The van der Waals surface area contributed by atoms with Gasteiger partial charge in [0.05, 0.1) is 12.1 Å². The van der Waals surface area contributed by atoms with Gasteiger partial charge in [0.15, 0.2) is 5.16 Å². The van der Waals surface area contributed by atoms with Crippen LogP contribution in [0.25, 0.3) is 0 Å². The molecule has 18 heavy (non-hydrogen) atoms. The predicted octanol–water partition coefficient (Wildman–Crippen LogP) is 0.800. The van der Waals surface area contributed by atoms with Crippen molar-refractivity contribution in [2.24, 2.45) is 13.0 Å². The van der Waals surface area contributed by atoms with Gasteiger partial charge in [-0.3, -0.25) is 0 Å². The lowest BCUT2D eigenvalue weighted by molar-refractivity contribution is 0.157. The largest absolute Gasteiger partial charge is 0.394 e. The van der Waals surface area contributed by atoms with Crippen LogP contribution in [-0.4, -0.2) is 43.8 Å². The molecule has 1 atom stereocenters. The Morgan fingerprint density at radius 1 is 1.50 bits per heavy atom. The van der Waals surface area contributed by atoms with Crippen molar-refractivity contribution in [3.05, 3.63) is 6.33 Å². The van der Waals surface area contributed by atoms with E-state index in [0.29, 0.717) is 12.0 Å². The van der Waals surface area contributed by atoms with E-state index in [1.54, 1.807) is 22.8 Å². The summed E-state index contributed by atoms with van der Waals surface area (Å²) in [6, 6.07) is 0.623. The standard InChI is InChI=1S/C12H20N4OS/c1-16-11(13-8-14-16)18-7-12(6-17,9-2-3-9)15-10-4-5-10/h8-10,15,17H,2-7H2,1H3. The Morgan fingerprint density at radius 2 is 2.28 bits per heavy atom. The number of nitrogens with zero attached hydrogens (tertiary/aromatic N) is 3. The normalized spacial score (nSPS) is 23.0. The smallest absolute Gasteiger partial charge is 0.185 e. The maximum absolute atomic E-state index is 9.84. The molecule has 1 unspecified atom stereocenters. The first kappa shape index (κ1) is 12.4. The summed E-state index contributed by atoms with van der Waals surface area (Å²) in [4.78, 5) is 4.23. The van der Waals surface area contributed by atoms with E-state index in [1.807, 2.05) is 7.05 Å². The van der Waals surface area contributed by atoms with Crippen LogP contribution < -0.4 is 5.32 Å². The fourth-order valence-corrected chi connectivity index (χ4v) is 3.53. The summed E-state index contributed by atoms with van der Waals surface area (Å²) in [5.74, 6) is 1.50. The fourth-order valence-electron chi connectivity index (χ4n) is 2.38. The molecule has 0 spiro atoms. The Hall–Kier alpha value is -0.590. The van der Waals surface area contributed by atoms with E-state index < -0.39 is 0 Å². The topological polar surface area (TPSA) is 63.0 Å². The average molecular weight is 268 g/mol. The van der Waals surface area contributed by atoms with Gasteiger partial charge in [0.25, 0.3) is 0 Å². The zero-order chi connectivity index (χ0) is 12.6. The molecule has 1 aromatic heterocycles. The van der Waals surface area contributed by atoms with Crippen LogP contribution >= 0.6 is 11.8 Å². The van der Waals surface area contributed by atoms with Gasteiger partial charge in [-0.2, -0.15) is 5.10 Å². The van der Waals surface area contributed by atoms with Gasteiger partial charge in [0, 0.05) is 18.8 Å². The van der Waals surface area contributed by atoms with Gasteiger partial charge in [-0.05, 0) is 31.6 Å². The third-order valence-corrected chi connectivity index (χ3v) is 5.13. The van der Waals surface area contributed by atoms with Crippen LogP contribution in [0.1, 0.15) is 25.7 Å². The third-order valence-electron chi connectivity index (χ3n) is 3.84. The van der Waals surface area contributed by atoms with Crippen molar-refractivity contribution in [2.75, 3.05) is 12.4 Å². The van der Waals surface area contributed by atoms with Gasteiger partial charge < -0.3 is 10.4 Å². The maximum Gasteiger partial charge on any atom is 0.185 e. The Kier molecular flexibility index (Phi) is 3.34. The summed E-state index contributed by atoms with van der Waals surface area (Å²) in [7, 11) is 1.90. The zero-order valence-electron chi connectivity index (χ0n) is 10.7. The fraction of sp³-hybridized carbons (Fsp3) is 0.833. The highest BCUT2D eigenvalue weighted by molar-refractivity contribution is 7.99. The first-order valence-electron chi connectivity index (χ1n) is 6.59. The lowest BCUT2D eigenvalue weighted by atomic mass is 9.96. The first-order chi connectivity index (χ1) is 8.73. The van der Waals surface area contributed by atoms with Gasteiger partial charge in [-0.25, -0.2) is 9.67 Å². The van der Waals surface area contributed by atoms with Crippen molar-refractivity contribution >= 4 is 11.8 Å². The van der Waals surface area contributed by atoms with E-state index in [4.69, 9.17) is 0 Å². The molecule has 3 rings (SSSR count). The molecular formula is C12H20N4OS. The number of hydrogen-bond donors (Lipinski definition) is 2. The molecule has 5 nitrogen and oxygen atoms in total. The monoisotopic (exact) mass is 268 g/mol. The molecule has 0 radical (unpaired) electrons. The molecule has 6 heteroatoms. The number of rotatable bonds is 7. The first-order valence-corrected chi connectivity index (χ1v) is 7.57. The van der Waals surface area contributed by atoms with Crippen LogP contribution in [0, 0.1) is 5.92 Å².